The van der Waals surface area contributed by atoms with E-state index in [4.69, 9.17) is 28.4 Å². The molecule has 0 spiro atoms. The molecule has 11 atom stereocenters. The summed E-state index contributed by atoms with van der Waals surface area (Å²) in [6.07, 6.45) is -13.8. The number of hydrogen-bond acceptors (Lipinski definition) is 13. The number of aliphatic hydroxyl groups is 7. The van der Waals surface area contributed by atoms with Crippen LogP contribution in [0.2, 0.25) is 0 Å². The smallest absolute Gasteiger partial charge is 0.229 e. The average molecular weight is 579 g/mol. The van der Waals surface area contributed by atoms with Gasteiger partial charge in [0.25, 0.3) is 0 Å². The zero-order valence-corrected chi connectivity index (χ0v) is 22.3. The molecule has 3 heterocycles. The molecule has 0 bridgehead atoms. The normalized spacial score (nSPS) is 37.0. The minimum Gasteiger partial charge on any atom is -0.497 e. The molecule has 0 saturated carbocycles. The number of benzene rings is 2. The molecule has 0 amide bonds. The Balaban J connectivity index is 1.27. The third-order valence-electron chi connectivity index (χ3n) is 7.46. The highest BCUT2D eigenvalue weighted by molar-refractivity contribution is 5.73. The summed E-state index contributed by atoms with van der Waals surface area (Å²) in [7, 11) is 1.56. The highest BCUT2D eigenvalue weighted by Crippen LogP contribution is 2.41. The van der Waals surface area contributed by atoms with E-state index in [1.54, 1.807) is 37.4 Å². The minimum atomic E-state index is -1.68. The molecule has 3 aliphatic rings. The Labute approximate surface area is 235 Å². The van der Waals surface area contributed by atoms with Crippen molar-refractivity contribution in [3.05, 3.63) is 59.9 Å². The topological polar surface area (TPSA) is 197 Å². The number of ether oxygens (including phenoxy) is 6. The molecule has 2 aromatic rings. The molecule has 2 saturated heterocycles. The van der Waals surface area contributed by atoms with Gasteiger partial charge in [0.2, 0.25) is 6.29 Å². The quantitative estimate of drug-likeness (QED) is 0.216. The summed E-state index contributed by atoms with van der Waals surface area (Å²) >= 11 is 0. The summed E-state index contributed by atoms with van der Waals surface area (Å²) in [5.41, 5.74) is 1.60. The highest BCUT2D eigenvalue weighted by Gasteiger charge is 2.47. The van der Waals surface area contributed by atoms with E-state index in [1.807, 2.05) is 0 Å². The standard InChI is InChI=1S/C28H34O13/c1-12-20(29)23(32)25(34)27(39-12)38-11-19-22(31)24(33)26(35)28(41-19)40-15-7-8-18-16(9-15)21(30)17(10-37-18)13-3-5-14(36-2)6-4-13/h3-10,12,19-35H,11H2,1-2H3/t12-,19-,20+,21+,22+,23+,24+,25+,26+,27-,28-/m1/s1. The van der Waals surface area contributed by atoms with Gasteiger partial charge < -0.3 is 64.2 Å². The first-order chi connectivity index (χ1) is 19.6. The lowest BCUT2D eigenvalue weighted by atomic mass is 9.94. The summed E-state index contributed by atoms with van der Waals surface area (Å²) in [6, 6.07) is 11.7. The largest absolute Gasteiger partial charge is 0.497 e. The van der Waals surface area contributed by atoms with E-state index >= 15 is 0 Å². The zero-order valence-electron chi connectivity index (χ0n) is 22.3. The molecule has 41 heavy (non-hydrogen) atoms. The van der Waals surface area contributed by atoms with Crippen molar-refractivity contribution in [1.29, 1.82) is 0 Å². The van der Waals surface area contributed by atoms with Gasteiger partial charge in [0.15, 0.2) is 6.29 Å². The van der Waals surface area contributed by atoms with Gasteiger partial charge in [-0.25, -0.2) is 0 Å². The Morgan fingerprint density at radius 3 is 2.10 bits per heavy atom. The lowest BCUT2D eigenvalue weighted by molar-refractivity contribution is -0.318. The van der Waals surface area contributed by atoms with Crippen LogP contribution >= 0.6 is 0 Å². The molecule has 2 aromatic carbocycles. The van der Waals surface area contributed by atoms with Gasteiger partial charge in [0.05, 0.1) is 26.1 Å². The predicted molar refractivity (Wildman–Crippen MR) is 139 cm³/mol. The number of rotatable bonds is 7. The van der Waals surface area contributed by atoms with Crippen LogP contribution < -0.4 is 14.2 Å². The van der Waals surface area contributed by atoms with Crippen molar-refractivity contribution in [3.8, 4) is 17.2 Å². The minimum absolute atomic E-state index is 0.173. The van der Waals surface area contributed by atoms with Crippen LogP contribution in [0.5, 0.6) is 17.2 Å². The monoisotopic (exact) mass is 578 g/mol. The van der Waals surface area contributed by atoms with Crippen LogP contribution in [0.25, 0.3) is 5.57 Å². The Kier molecular flexibility index (Phi) is 8.82. The molecule has 13 nitrogen and oxygen atoms in total. The molecule has 3 aliphatic heterocycles. The van der Waals surface area contributed by atoms with Gasteiger partial charge in [0.1, 0.15) is 66.1 Å². The Morgan fingerprint density at radius 2 is 1.39 bits per heavy atom. The number of aliphatic hydroxyl groups excluding tert-OH is 7. The van der Waals surface area contributed by atoms with E-state index in [1.165, 1.54) is 25.3 Å². The lowest BCUT2D eigenvalue weighted by Crippen LogP contribution is -2.61. The third-order valence-corrected chi connectivity index (χ3v) is 7.46. The molecule has 224 valence electrons. The second kappa shape index (κ2) is 12.2. The van der Waals surface area contributed by atoms with Gasteiger partial charge >= 0.3 is 0 Å². The van der Waals surface area contributed by atoms with Crippen molar-refractivity contribution in [2.45, 2.75) is 74.4 Å². The van der Waals surface area contributed by atoms with Gasteiger partial charge in [-0.2, -0.15) is 0 Å². The number of methoxy groups -OCH3 is 1. The molecule has 2 fully saturated rings. The highest BCUT2D eigenvalue weighted by atomic mass is 16.7. The second-order valence-electron chi connectivity index (χ2n) is 10.2. The fourth-order valence-corrected chi connectivity index (χ4v) is 4.92. The Morgan fingerprint density at radius 1 is 0.732 bits per heavy atom. The second-order valence-corrected chi connectivity index (χ2v) is 10.2. The van der Waals surface area contributed by atoms with E-state index in [0.717, 1.165) is 0 Å². The molecule has 7 N–H and O–H groups in total. The maximum atomic E-state index is 11.1. The van der Waals surface area contributed by atoms with Crippen molar-refractivity contribution in [2.24, 2.45) is 0 Å². The molecule has 13 heteroatoms. The number of hydrogen-bond donors (Lipinski definition) is 7. The fourth-order valence-electron chi connectivity index (χ4n) is 4.92. The molecule has 0 aromatic heterocycles. The van der Waals surface area contributed by atoms with Crippen LogP contribution in [0, 0.1) is 0 Å². The first-order valence-electron chi connectivity index (χ1n) is 13.1. The maximum Gasteiger partial charge on any atom is 0.229 e. The van der Waals surface area contributed by atoms with E-state index in [9.17, 15) is 35.7 Å². The van der Waals surface area contributed by atoms with Crippen LogP contribution in [0.1, 0.15) is 24.2 Å². The van der Waals surface area contributed by atoms with Crippen molar-refractivity contribution >= 4 is 5.57 Å². The van der Waals surface area contributed by atoms with Gasteiger partial charge in [-0.3, -0.25) is 0 Å². The van der Waals surface area contributed by atoms with Crippen LogP contribution in [0.4, 0.5) is 0 Å². The van der Waals surface area contributed by atoms with Gasteiger partial charge in [-0.15, -0.1) is 0 Å². The maximum absolute atomic E-state index is 11.1. The van der Waals surface area contributed by atoms with E-state index in [2.05, 4.69) is 0 Å². The summed E-state index contributed by atoms with van der Waals surface area (Å²) in [5, 5.41) is 72.6. The Bertz CT molecular complexity index is 1220. The van der Waals surface area contributed by atoms with Gasteiger partial charge in [-0.05, 0) is 42.8 Å². The van der Waals surface area contributed by atoms with Crippen LogP contribution in [-0.2, 0) is 14.2 Å². The van der Waals surface area contributed by atoms with Crippen LogP contribution in [0.3, 0.4) is 0 Å². The van der Waals surface area contributed by atoms with Crippen molar-refractivity contribution < 1.29 is 64.2 Å². The van der Waals surface area contributed by atoms with Gasteiger partial charge in [0, 0.05) is 11.1 Å². The third kappa shape index (κ3) is 5.92. The molecular formula is C28H34O13. The van der Waals surface area contributed by atoms with E-state index in [0.29, 0.717) is 28.2 Å². The summed E-state index contributed by atoms with van der Waals surface area (Å²) in [6.45, 7) is 1.07. The number of fused-ring (bicyclic) bond motifs is 1. The summed E-state index contributed by atoms with van der Waals surface area (Å²) in [4.78, 5) is 0. The SMILES string of the molecule is COc1ccc(C2=COc3ccc(O[C@@H]4O[C@H](CO[C@@H]5O[C@H](C)[C@H](O)[C@H](O)[C@@H]5O)[C@H](O)[C@H](O)[C@@H]4O)cc3[C@@H]2O)cc1. The van der Waals surface area contributed by atoms with E-state index < -0.39 is 74.1 Å². The van der Waals surface area contributed by atoms with Crippen molar-refractivity contribution in [2.75, 3.05) is 13.7 Å². The predicted octanol–water partition coefficient (Wildman–Crippen LogP) is -0.807. The van der Waals surface area contributed by atoms with Crippen molar-refractivity contribution in [1.82, 2.24) is 0 Å². The molecule has 0 unspecified atom stereocenters. The summed E-state index contributed by atoms with van der Waals surface area (Å²) < 4.78 is 33.3. The average Bonchev–Trinajstić information content (AvgIpc) is 2.98. The molecule has 0 radical (unpaired) electrons. The fraction of sp³-hybridized carbons (Fsp3) is 0.500. The lowest BCUT2D eigenvalue weighted by Gasteiger charge is -2.42. The molecule has 0 aliphatic carbocycles. The van der Waals surface area contributed by atoms with Crippen LogP contribution in [0.15, 0.2) is 48.7 Å². The summed E-state index contributed by atoms with van der Waals surface area (Å²) in [5.74, 6) is 1.22. The van der Waals surface area contributed by atoms with E-state index in [-0.39, 0.29) is 5.75 Å². The van der Waals surface area contributed by atoms with Crippen molar-refractivity contribution in [3.63, 3.8) is 0 Å². The first kappa shape index (κ1) is 29.7. The molecular weight excluding hydrogens is 544 g/mol. The molecule has 5 rings (SSSR count). The van der Waals surface area contributed by atoms with Crippen LogP contribution in [-0.4, -0.2) is 111 Å². The zero-order chi connectivity index (χ0) is 29.4. The first-order valence-corrected chi connectivity index (χ1v) is 13.1. The Hall–Kier alpha value is -2.82. The van der Waals surface area contributed by atoms with Gasteiger partial charge in [-0.1, -0.05) is 12.1 Å².